The van der Waals surface area contributed by atoms with Gasteiger partial charge in [0.05, 0.1) is 18.2 Å². The number of β-amino-alcohol motifs (C(OH)–C–C–N with tert-alkyl or cyclic N) is 1. The highest BCUT2D eigenvalue weighted by Crippen LogP contribution is 2.30. The second kappa shape index (κ2) is 8.93. The lowest BCUT2D eigenvalue weighted by Gasteiger charge is -2.35. The van der Waals surface area contributed by atoms with Gasteiger partial charge in [-0.2, -0.15) is 13.2 Å². The first-order chi connectivity index (χ1) is 13.7. The van der Waals surface area contributed by atoms with Crippen molar-refractivity contribution in [1.82, 2.24) is 15.0 Å². The molecule has 10 heteroatoms. The molecule has 2 heterocycles. The number of nitrogens with zero attached hydrogens (tertiary/aromatic N) is 3. The van der Waals surface area contributed by atoms with Gasteiger partial charge in [0.15, 0.2) is 5.82 Å². The van der Waals surface area contributed by atoms with Gasteiger partial charge in [-0.05, 0) is 24.6 Å². The van der Waals surface area contributed by atoms with Gasteiger partial charge in [-0.1, -0.05) is 17.3 Å². The largest absolute Gasteiger partial charge is 0.416 e. The van der Waals surface area contributed by atoms with Crippen LogP contribution in [0, 0.1) is 6.92 Å². The summed E-state index contributed by atoms with van der Waals surface area (Å²) in [5.74, 6) is 0.808. The second-order valence-electron chi connectivity index (χ2n) is 7.08. The van der Waals surface area contributed by atoms with Crippen molar-refractivity contribution < 1.29 is 27.6 Å². The fourth-order valence-electron chi connectivity index (χ4n) is 3.18. The monoisotopic (exact) mass is 412 g/mol. The third kappa shape index (κ3) is 6.02. The Morgan fingerprint density at radius 2 is 1.83 bits per heavy atom. The molecule has 1 unspecified atom stereocenters. The molecule has 0 saturated carbocycles. The van der Waals surface area contributed by atoms with Crippen LogP contribution in [-0.4, -0.2) is 65.2 Å². The summed E-state index contributed by atoms with van der Waals surface area (Å²) in [6.45, 7) is 4.86. The Labute approximate surface area is 166 Å². The number of aliphatic hydroxyl groups excluding tert-OH is 1. The van der Waals surface area contributed by atoms with Crippen LogP contribution in [0.5, 0.6) is 0 Å². The lowest BCUT2D eigenvalue weighted by Crippen LogP contribution is -2.49. The molecule has 0 spiro atoms. The Morgan fingerprint density at radius 3 is 2.38 bits per heavy atom. The van der Waals surface area contributed by atoms with Crippen molar-refractivity contribution in [2.24, 2.45) is 0 Å². The van der Waals surface area contributed by atoms with E-state index in [2.05, 4.69) is 10.5 Å². The van der Waals surface area contributed by atoms with E-state index in [4.69, 9.17) is 4.52 Å². The molecule has 158 valence electrons. The molecule has 7 nitrogen and oxygen atoms in total. The zero-order valence-corrected chi connectivity index (χ0v) is 15.9. The van der Waals surface area contributed by atoms with E-state index in [0.29, 0.717) is 49.9 Å². The number of aromatic nitrogens is 1. The van der Waals surface area contributed by atoms with Crippen molar-refractivity contribution >= 4 is 11.7 Å². The molecule has 1 aliphatic rings. The van der Waals surface area contributed by atoms with Gasteiger partial charge in [0.2, 0.25) is 5.91 Å². The molecular formula is C19H23F3N4O3. The number of alkyl halides is 3. The molecule has 1 saturated heterocycles. The molecule has 1 amide bonds. The van der Waals surface area contributed by atoms with E-state index in [1.165, 1.54) is 12.1 Å². The predicted molar refractivity (Wildman–Crippen MR) is 99.2 cm³/mol. The number of benzene rings is 1. The zero-order chi connectivity index (χ0) is 21.0. The fraction of sp³-hybridized carbons (Fsp3) is 0.474. The van der Waals surface area contributed by atoms with Crippen molar-refractivity contribution in [2.75, 3.05) is 44.6 Å². The maximum atomic E-state index is 12.6. The number of nitrogens with one attached hydrogen (secondary N) is 1. The summed E-state index contributed by atoms with van der Waals surface area (Å²) in [4.78, 5) is 16.1. The third-order valence-corrected chi connectivity index (χ3v) is 4.78. The van der Waals surface area contributed by atoms with Crippen LogP contribution in [0.15, 0.2) is 34.9 Å². The third-order valence-electron chi connectivity index (χ3n) is 4.78. The van der Waals surface area contributed by atoms with E-state index in [1.807, 2.05) is 9.80 Å². The minimum atomic E-state index is -4.39. The van der Waals surface area contributed by atoms with Crippen LogP contribution >= 0.6 is 0 Å². The summed E-state index contributed by atoms with van der Waals surface area (Å²) >= 11 is 0. The Bertz CT molecular complexity index is 815. The Hall–Kier alpha value is -2.43. The molecule has 0 radical (unpaired) electrons. The number of hydrogen-bond donors (Lipinski definition) is 2. The number of carbonyl (C=O) groups is 1. The Balaban J connectivity index is 1.42. The van der Waals surface area contributed by atoms with Crippen molar-refractivity contribution in [3.63, 3.8) is 0 Å². The van der Waals surface area contributed by atoms with Crippen LogP contribution in [0.4, 0.5) is 19.0 Å². The number of anilines is 1. The van der Waals surface area contributed by atoms with Gasteiger partial charge in [-0.15, -0.1) is 0 Å². The average Bonchev–Trinajstić information content (AvgIpc) is 3.07. The molecule has 1 aromatic carbocycles. The average molecular weight is 412 g/mol. The lowest BCUT2D eigenvalue weighted by molar-refractivity contribution is -0.137. The quantitative estimate of drug-likeness (QED) is 0.758. The minimum Gasteiger partial charge on any atom is -0.387 e. The van der Waals surface area contributed by atoms with Crippen LogP contribution in [0.25, 0.3) is 0 Å². The number of halogens is 3. The first kappa shape index (κ1) is 21.3. The van der Waals surface area contributed by atoms with Gasteiger partial charge in [0.1, 0.15) is 5.76 Å². The normalized spacial score (nSPS) is 17.3. The summed E-state index contributed by atoms with van der Waals surface area (Å²) in [7, 11) is 0. The summed E-state index contributed by atoms with van der Waals surface area (Å²) in [6, 6.07) is 6.20. The van der Waals surface area contributed by atoms with Gasteiger partial charge >= 0.3 is 6.18 Å². The second-order valence-corrected chi connectivity index (χ2v) is 7.08. The van der Waals surface area contributed by atoms with Crippen molar-refractivity contribution in [3.8, 4) is 0 Å². The van der Waals surface area contributed by atoms with Crippen molar-refractivity contribution in [2.45, 2.75) is 19.2 Å². The van der Waals surface area contributed by atoms with Gasteiger partial charge < -0.3 is 14.9 Å². The summed E-state index contributed by atoms with van der Waals surface area (Å²) in [6.07, 6.45) is -5.26. The topological polar surface area (TPSA) is 81.8 Å². The maximum absolute atomic E-state index is 12.6. The first-order valence-electron chi connectivity index (χ1n) is 9.24. The number of rotatable bonds is 6. The molecule has 3 rings (SSSR count). The Kier molecular flexibility index (Phi) is 6.56. The minimum absolute atomic E-state index is 0.184. The van der Waals surface area contributed by atoms with E-state index in [-0.39, 0.29) is 12.5 Å². The number of hydrogen-bond acceptors (Lipinski definition) is 6. The summed E-state index contributed by atoms with van der Waals surface area (Å²) in [5, 5.41) is 16.7. The highest BCUT2D eigenvalue weighted by molar-refractivity contribution is 5.91. The molecule has 1 atom stereocenters. The van der Waals surface area contributed by atoms with Crippen LogP contribution in [-0.2, 0) is 11.0 Å². The maximum Gasteiger partial charge on any atom is 0.416 e. The molecule has 1 fully saturated rings. The standard InChI is InChI=1S/C19H23F3N4O3/c1-13-10-17(24-29-13)23-18(28)12-26-8-6-25(7-9-26)11-16(27)14-2-4-15(5-3-14)19(20,21)22/h2-5,10,16,27H,6-9,11-12H2,1H3,(H,23,24,28). The molecule has 1 aromatic heterocycles. The number of amides is 1. The Morgan fingerprint density at radius 1 is 1.21 bits per heavy atom. The van der Waals surface area contributed by atoms with Crippen LogP contribution in [0.2, 0.25) is 0 Å². The molecule has 0 aliphatic carbocycles. The van der Waals surface area contributed by atoms with E-state index >= 15 is 0 Å². The molecule has 29 heavy (non-hydrogen) atoms. The highest BCUT2D eigenvalue weighted by Gasteiger charge is 2.30. The smallest absolute Gasteiger partial charge is 0.387 e. The molecular weight excluding hydrogens is 389 g/mol. The van der Waals surface area contributed by atoms with E-state index in [1.54, 1.807) is 13.0 Å². The van der Waals surface area contributed by atoms with Gasteiger partial charge in [-0.25, -0.2) is 0 Å². The molecule has 2 N–H and O–H groups in total. The number of aliphatic hydroxyl groups is 1. The first-order valence-corrected chi connectivity index (χ1v) is 9.24. The molecule has 1 aliphatic heterocycles. The van der Waals surface area contributed by atoms with Crippen LogP contribution < -0.4 is 5.32 Å². The molecule has 2 aromatic rings. The van der Waals surface area contributed by atoms with E-state index < -0.39 is 17.8 Å². The summed E-state index contributed by atoms with van der Waals surface area (Å²) in [5.41, 5.74) is -0.288. The van der Waals surface area contributed by atoms with Crippen molar-refractivity contribution in [3.05, 3.63) is 47.2 Å². The lowest BCUT2D eigenvalue weighted by atomic mass is 10.1. The fourth-order valence-corrected chi connectivity index (χ4v) is 3.18. The van der Waals surface area contributed by atoms with Crippen LogP contribution in [0.1, 0.15) is 23.0 Å². The van der Waals surface area contributed by atoms with Crippen LogP contribution in [0.3, 0.4) is 0 Å². The van der Waals surface area contributed by atoms with E-state index in [9.17, 15) is 23.1 Å². The number of piperazine rings is 1. The van der Waals surface area contributed by atoms with Gasteiger partial charge in [0.25, 0.3) is 0 Å². The predicted octanol–water partition coefficient (Wildman–Crippen LogP) is 2.29. The summed E-state index contributed by atoms with van der Waals surface area (Å²) < 4.78 is 42.8. The number of carbonyl (C=O) groups excluding carboxylic acids is 1. The van der Waals surface area contributed by atoms with Crippen molar-refractivity contribution in [1.29, 1.82) is 0 Å². The van der Waals surface area contributed by atoms with E-state index in [0.717, 1.165) is 12.1 Å². The number of aryl methyl sites for hydroxylation is 1. The van der Waals surface area contributed by atoms with Gasteiger partial charge in [-0.3, -0.25) is 14.6 Å². The highest BCUT2D eigenvalue weighted by atomic mass is 19.4. The SMILES string of the molecule is Cc1cc(NC(=O)CN2CCN(CC(O)c3ccc(C(F)(F)F)cc3)CC2)no1. The van der Waals surface area contributed by atoms with Gasteiger partial charge in [0, 0.05) is 38.8 Å². The zero-order valence-electron chi connectivity index (χ0n) is 15.9. The molecule has 0 bridgehead atoms.